The van der Waals surface area contributed by atoms with Gasteiger partial charge in [0.1, 0.15) is 0 Å². The molecule has 0 aromatic carbocycles. The van der Waals surface area contributed by atoms with Gasteiger partial charge in [-0.3, -0.25) is 4.79 Å². The van der Waals surface area contributed by atoms with E-state index >= 15 is 0 Å². The van der Waals surface area contributed by atoms with E-state index in [0.29, 0.717) is 12.0 Å². The van der Waals surface area contributed by atoms with Crippen LogP contribution in [0.25, 0.3) is 0 Å². The molecule has 0 radical (unpaired) electrons. The van der Waals surface area contributed by atoms with E-state index in [4.69, 9.17) is 0 Å². The normalized spacial score (nSPS) is 13.2. The molecule has 0 heterocycles. The SMILES string of the molecule is CCCCCN(C(=O)C(Br)C(C)C)C(C)C. The third-order valence-corrected chi connectivity index (χ3v) is 4.18. The largest absolute Gasteiger partial charge is 0.339 e. The second-order valence-corrected chi connectivity index (χ2v) is 5.96. The summed E-state index contributed by atoms with van der Waals surface area (Å²) in [5.74, 6) is 0.584. The molecule has 0 spiro atoms. The number of unbranched alkanes of at least 4 members (excludes halogenated alkanes) is 2. The second kappa shape index (κ2) is 8.10. The molecular formula is C13H26BrNO. The number of hydrogen-bond donors (Lipinski definition) is 0. The van der Waals surface area contributed by atoms with Gasteiger partial charge in [0, 0.05) is 12.6 Å². The van der Waals surface area contributed by atoms with Crippen molar-refractivity contribution in [2.24, 2.45) is 5.92 Å². The first-order valence-corrected chi connectivity index (χ1v) is 7.27. The first-order chi connectivity index (χ1) is 7.41. The van der Waals surface area contributed by atoms with Gasteiger partial charge in [0.15, 0.2) is 0 Å². The summed E-state index contributed by atoms with van der Waals surface area (Å²) in [5, 5.41) is 0. The molecule has 0 rings (SSSR count). The van der Waals surface area contributed by atoms with Crippen LogP contribution >= 0.6 is 15.9 Å². The fourth-order valence-electron chi connectivity index (χ4n) is 1.60. The predicted octanol–water partition coefficient (Wildman–Crippen LogP) is 3.83. The van der Waals surface area contributed by atoms with E-state index in [9.17, 15) is 4.79 Å². The van der Waals surface area contributed by atoms with E-state index < -0.39 is 0 Å². The lowest BCUT2D eigenvalue weighted by molar-refractivity contribution is -0.132. The van der Waals surface area contributed by atoms with Crippen molar-refractivity contribution in [2.45, 2.75) is 64.8 Å². The van der Waals surface area contributed by atoms with Crippen LogP contribution in [0.1, 0.15) is 53.9 Å². The molecule has 3 heteroatoms. The summed E-state index contributed by atoms with van der Waals surface area (Å²) in [5.41, 5.74) is 0. The number of alkyl halides is 1. The van der Waals surface area contributed by atoms with Crippen molar-refractivity contribution in [2.75, 3.05) is 6.54 Å². The smallest absolute Gasteiger partial charge is 0.236 e. The molecule has 2 nitrogen and oxygen atoms in total. The number of halogens is 1. The third kappa shape index (κ3) is 5.33. The van der Waals surface area contributed by atoms with Gasteiger partial charge in [0.05, 0.1) is 4.83 Å². The molecule has 16 heavy (non-hydrogen) atoms. The van der Waals surface area contributed by atoms with Crippen molar-refractivity contribution < 1.29 is 4.79 Å². The number of carbonyl (C=O) groups is 1. The number of nitrogens with zero attached hydrogens (tertiary/aromatic N) is 1. The quantitative estimate of drug-likeness (QED) is 0.516. The molecule has 0 saturated heterocycles. The number of amides is 1. The minimum absolute atomic E-state index is 0.0449. The van der Waals surface area contributed by atoms with Crippen LogP contribution in [0.4, 0.5) is 0 Å². The molecule has 0 aliphatic carbocycles. The van der Waals surface area contributed by atoms with Gasteiger partial charge in [0.25, 0.3) is 0 Å². The van der Waals surface area contributed by atoms with Crippen molar-refractivity contribution >= 4 is 21.8 Å². The average Bonchev–Trinajstić information content (AvgIpc) is 2.21. The molecule has 0 saturated carbocycles. The van der Waals surface area contributed by atoms with Crippen molar-refractivity contribution in [3.8, 4) is 0 Å². The minimum Gasteiger partial charge on any atom is -0.339 e. The lowest BCUT2D eigenvalue weighted by atomic mass is 10.1. The zero-order chi connectivity index (χ0) is 12.7. The van der Waals surface area contributed by atoms with Crippen LogP contribution in [0.5, 0.6) is 0 Å². The van der Waals surface area contributed by atoms with Crippen LogP contribution in [0.3, 0.4) is 0 Å². The van der Waals surface area contributed by atoms with Gasteiger partial charge < -0.3 is 4.90 Å². The monoisotopic (exact) mass is 291 g/mol. The van der Waals surface area contributed by atoms with E-state index in [1.165, 1.54) is 12.8 Å². The molecule has 96 valence electrons. The van der Waals surface area contributed by atoms with Crippen LogP contribution in [0.2, 0.25) is 0 Å². The Morgan fingerprint density at radius 2 is 1.75 bits per heavy atom. The fraction of sp³-hybridized carbons (Fsp3) is 0.923. The van der Waals surface area contributed by atoms with Crippen molar-refractivity contribution in [3.05, 3.63) is 0 Å². The van der Waals surface area contributed by atoms with Gasteiger partial charge in [0.2, 0.25) is 5.91 Å². The molecule has 0 aliphatic rings. The first kappa shape index (κ1) is 16.0. The maximum Gasteiger partial charge on any atom is 0.236 e. The highest BCUT2D eigenvalue weighted by atomic mass is 79.9. The summed E-state index contributed by atoms with van der Waals surface area (Å²) in [4.78, 5) is 14.1. The van der Waals surface area contributed by atoms with Crippen LogP contribution in [-0.2, 0) is 4.79 Å². The first-order valence-electron chi connectivity index (χ1n) is 6.36. The zero-order valence-corrected chi connectivity index (χ0v) is 12.9. The standard InChI is InChI=1S/C13H26BrNO/c1-6-7-8-9-15(11(4)5)13(16)12(14)10(2)3/h10-12H,6-9H2,1-5H3. The zero-order valence-electron chi connectivity index (χ0n) is 11.3. The molecule has 0 fully saturated rings. The van der Waals surface area contributed by atoms with Crippen LogP contribution < -0.4 is 0 Å². The Morgan fingerprint density at radius 3 is 2.12 bits per heavy atom. The highest BCUT2D eigenvalue weighted by molar-refractivity contribution is 9.10. The Hall–Kier alpha value is -0.0500. The molecule has 1 unspecified atom stereocenters. The topological polar surface area (TPSA) is 20.3 Å². The van der Waals surface area contributed by atoms with Gasteiger partial charge in [-0.25, -0.2) is 0 Å². The van der Waals surface area contributed by atoms with E-state index in [2.05, 4.69) is 50.5 Å². The van der Waals surface area contributed by atoms with Gasteiger partial charge >= 0.3 is 0 Å². The highest BCUT2D eigenvalue weighted by Crippen LogP contribution is 2.17. The Balaban J connectivity index is 4.35. The van der Waals surface area contributed by atoms with Gasteiger partial charge in [-0.1, -0.05) is 49.5 Å². The van der Waals surface area contributed by atoms with E-state index in [1.54, 1.807) is 0 Å². The molecule has 0 aromatic heterocycles. The van der Waals surface area contributed by atoms with E-state index in [0.717, 1.165) is 13.0 Å². The van der Waals surface area contributed by atoms with Gasteiger partial charge in [-0.15, -0.1) is 0 Å². The lowest BCUT2D eigenvalue weighted by Crippen LogP contribution is -2.43. The summed E-state index contributed by atoms with van der Waals surface area (Å²) in [7, 11) is 0. The molecule has 0 N–H and O–H groups in total. The number of rotatable bonds is 7. The number of carbonyl (C=O) groups excluding carboxylic acids is 1. The molecule has 1 amide bonds. The van der Waals surface area contributed by atoms with Gasteiger partial charge in [-0.2, -0.15) is 0 Å². The van der Waals surface area contributed by atoms with E-state index in [-0.39, 0.29) is 10.7 Å². The maximum absolute atomic E-state index is 12.2. The minimum atomic E-state index is -0.0449. The fourth-order valence-corrected chi connectivity index (χ4v) is 1.86. The lowest BCUT2D eigenvalue weighted by Gasteiger charge is -2.30. The second-order valence-electron chi connectivity index (χ2n) is 4.98. The molecule has 1 atom stereocenters. The molecule has 0 aromatic rings. The van der Waals surface area contributed by atoms with Gasteiger partial charge in [-0.05, 0) is 26.2 Å². The number of hydrogen-bond acceptors (Lipinski definition) is 1. The summed E-state index contributed by atoms with van der Waals surface area (Å²) >= 11 is 3.49. The summed E-state index contributed by atoms with van der Waals surface area (Å²) in [6.45, 7) is 11.4. The third-order valence-electron chi connectivity index (χ3n) is 2.73. The summed E-state index contributed by atoms with van der Waals surface area (Å²) in [6, 6.07) is 0.295. The van der Waals surface area contributed by atoms with Crippen LogP contribution in [-0.4, -0.2) is 28.2 Å². The summed E-state index contributed by atoms with van der Waals surface area (Å²) < 4.78 is 0. The van der Waals surface area contributed by atoms with E-state index in [1.807, 2.05) is 4.90 Å². The Labute approximate surface area is 109 Å². The molecular weight excluding hydrogens is 266 g/mol. The van der Waals surface area contributed by atoms with Crippen LogP contribution in [0.15, 0.2) is 0 Å². The Kier molecular flexibility index (Phi) is 8.08. The summed E-state index contributed by atoms with van der Waals surface area (Å²) in [6.07, 6.45) is 3.51. The molecule has 0 aliphatic heterocycles. The highest BCUT2D eigenvalue weighted by Gasteiger charge is 2.25. The Morgan fingerprint density at radius 1 is 1.19 bits per heavy atom. The Bertz CT molecular complexity index is 204. The predicted molar refractivity (Wildman–Crippen MR) is 73.9 cm³/mol. The van der Waals surface area contributed by atoms with Crippen molar-refractivity contribution in [3.63, 3.8) is 0 Å². The maximum atomic E-state index is 12.2. The van der Waals surface area contributed by atoms with Crippen molar-refractivity contribution in [1.29, 1.82) is 0 Å². The van der Waals surface area contributed by atoms with Crippen LogP contribution in [0, 0.1) is 5.92 Å². The molecule has 0 bridgehead atoms. The van der Waals surface area contributed by atoms with Crippen molar-refractivity contribution in [1.82, 2.24) is 4.90 Å². The average molecular weight is 292 g/mol.